The maximum absolute atomic E-state index is 12.7. The Labute approximate surface area is 167 Å². The smallest absolute Gasteiger partial charge is 0.293 e. The highest BCUT2D eigenvalue weighted by atomic mass is 35.5. The van der Waals surface area contributed by atoms with Crippen molar-refractivity contribution >= 4 is 23.3 Å². The average molecular weight is 401 g/mol. The third kappa shape index (κ3) is 4.07. The van der Waals surface area contributed by atoms with E-state index in [1.165, 1.54) is 0 Å². The van der Waals surface area contributed by atoms with Crippen molar-refractivity contribution in [2.75, 3.05) is 39.3 Å². The van der Waals surface area contributed by atoms with E-state index in [1.807, 2.05) is 37.3 Å². The first-order valence-corrected chi connectivity index (χ1v) is 9.56. The summed E-state index contributed by atoms with van der Waals surface area (Å²) in [4.78, 5) is 25.2. The molecule has 1 aromatic carbocycles. The number of nitrogens with zero attached hydrogens (tertiary/aromatic N) is 6. The van der Waals surface area contributed by atoms with Gasteiger partial charge in [-0.2, -0.15) is 4.98 Å². The largest absolute Gasteiger partial charge is 0.492 e. The number of ether oxygens (including phenoxy) is 1. The van der Waals surface area contributed by atoms with Gasteiger partial charge < -0.3 is 9.64 Å². The van der Waals surface area contributed by atoms with E-state index in [2.05, 4.69) is 20.0 Å². The van der Waals surface area contributed by atoms with Gasteiger partial charge in [0, 0.05) is 49.6 Å². The molecular weight excluding hydrogens is 380 g/mol. The molecule has 0 saturated carbocycles. The highest BCUT2D eigenvalue weighted by Crippen LogP contribution is 2.15. The van der Waals surface area contributed by atoms with Crippen LogP contribution in [0.5, 0.6) is 5.75 Å². The van der Waals surface area contributed by atoms with Gasteiger partial charge in [0.05, 0.1) is 0 Å². The summed E-state index contributed by atoms with van der Waals surface area (Å²) in [6.07, 6.45) is 1.67. The van der Waals surface area contributed by atoms with E-state index >= 15 is 0 Å². The second-order valence-corrected chi connectivity index (χ2v) is 7.11. The fourth-order valence-electron chi connectivity index (χ4n) is 3.14. The lowest BCUT2D eigenvalue weighted by atomic mass is 10.3. The predicted molar refractivity (Wildman–Crippen MR) is 105 cm³/mol. The van der Waals surface area contributed by atoms with Gasteiger partial charge >= 0.3 is 0 Å². The third-order valence-corrected chi connectivity index (χ3v) is 5.02. The number of hydrogen-bond acceptors (Lipinski definition) is 6. The summed E-state index contributed by atoms with van der Waals surface area (Å²) in [6, 6.07) is 9.17. The van der Waals surface area contributed by atoms with Crippen LogP contribution in [-0.2, 0) is 0 Å². The minimum absolute atomic E-state index is 0.151. The average Bonchev–Trinajstić information content (AvgIpc) is 3.15. The molecule has 3 aromatic rings. The molecule has 0 N–H and O–H groups in total. The number of rotatable bonds is 5. The molecule has 1 aliphatic heterocycles. The van der Waals surface area contributed by atoms with Crippen molar-refractivity contribution in [3.63, 3.8) is 0 Å². The Morgan fingerprint density at radius 3 is 2.61 bits per heavy atom. The lowest BCUT2D eigenvalue weighted by molar-refractivity contribution is 0.0609. The lowest BCUT2D eigenvalue weighted by Gasteiger charge is -2.34. The zero-order chi connectivity index (χ0) is 19.5. The Morgan fingerprint density at radius 2 is 1.89 bits per heavy atom. The first-order valence-electron chi connectivity index (χ1n) is 9.18. The summed E-state index contributed by atoms with van der Waals surface area (Å²) < 4.78 is 7.34. The minimum Gasteiger partial charge on any atom is -0.492 e. The Kier molecular flexibility index (Phi) is 5.40. The summed E-state index contributed by atoms with van der Waals surface area (Å²) >= 11 is 5.87. The van der Waals surface area contributed by atoms with Crippen molar-refractivity contribution in [2.24, 2.45) is 0 Å². The van der Waals surface area contributed by atoms with Gasteiger partial charge in [0.15, 0.2) is 0 Å². The summed E-state index contributed by atoms with van der Waals surface area (Å²) in [5, 5.41) is 5.00. The van der Waals surface area contributed by atoms with Gasteiger partial charge in [-0.3, -0.25) is 9.69 Å². The first-order chi connectivity index (χ1) is 13.6. The molecule has 0 spiro atoms. The summed E-state index contributed by atoms with van der Waals surface area (Å²) in [5.41, 5.74) is 0.891. The molecule has 3 heterocycles. The molecule has 0 unspecified atom stereocenters. The monoisotopic (exact) mass is 400 g/mol. The topological polar surface area (TPSA) is 75.9 Å². The van der Waals surface area contributed by atoms with E-state index in [9.17, 15) is 4.79 Å². The van der Waals surface area contributed by atoms with Crippen LogP contribution in [0, 0.1) is 6.92 Å². The molecule has 4 rings (SSSR count). The van der Waals surface area contributed by atoms with Crippen molar-refractivity contribution in [1.29, 1.82) is 0 Å². The van der Waals surface area contributed by atoms with Crippen molar-refractivity contribution in [1.82, 2.24) is 29.4 Å². The van der Waals surface area contributed by atoms with Crippen LogP contribution in [0.2, 0.25) is 5.02 Å². The second kappa shape index (κ2) is 8.12. The number of carbonyl (C=O) groups is 1. The molecule has 1 amide bonds. The van der Waals surface area contributed by atoms with Crippen molar-refractivity contribution < 1.29 is 9.53 Å². The normalized spacial score (nSPS) is 15.1. The zero-order valence-electron chi connectivity index (χ0n) is 15.6. The summed E-state index contributed by atoms with van der Waals surface area (Å²) in [7, 11) is 0. The van der Waals surface area contributed by atoms with Crippen molar-refractivity contribution in [3.05, 3.63) is 53.1 Å². The fourth-order valence-corrected chi connectivity index (χ4v) is 3.26. The van der Waals surface area contributed by atoms with E-state index in [-0.39, 0.29) is 11.7 Å². The third-order valence-electron chi connectivity index (χ3n) is 4.77. The zero-order valence-corrected chi connectivity index (χ0v) is 16.3. The quantitative estimate of drug-likeness (QED) is 0.651. The number of carbonyl (C=O) groups excluding carboxylic acids is 1. The first kappa shape index (κ1) is 18.6. The molecule has 0 atom stereocenters. The number of halogens is 1. The van der Waals surface area contributed by atoms with Crippen LogP contribution in [-0.4, -0.2) is 74.6 Å². The SMILES string of the molecule is Cc1ccnc2nc(C(=O)N3CCN(CCOc4ccc(Cl)cc4)CC3)nn12. The Morgan fingerprint density at radius 1 is 1.14 bits per heavy atom. The molecule has 0 radical (unpaired) electrons. The number of benzene rings is 1. The van der Waals surface area contributed by atoms with Gasteiger partial charge in [-0.15, -0.1) is 5.10 Å². The van der Waals surface area contributed by atoms with Gasteiger partial charge in [-0.05, 0) is 37.3 Å². The highest BCUT2D eigenvalue weighted by Gasteiger charge is 2.25. The van der Waals surface area contributed by atoms with Crippen LogP contribution in [0.25, 0.3) is 5.78 Å². The lowest BCUT2D eigenvalue weighted by Crippen LogP contribution is -2.49. The van der Waals surface area contributed by atoms with Crippen LogP contribution in [0.3, 0.4) is 0 Å². The standard InChI is InChI=1S/C19H21ClN6O2/c1-14-6-7-21-19-22-17(23-26(14)19)18(27)25-10-8-24(9-11-25)12-13-28-16-4-2-15(20)3-5-16/h2-7H,8-13H2,1H3. The number of fused-ring (bicyclic) bond motifs is 1. The van der Waals surface area contributed by atoms with Crippen molar-refractivity contribution in [2.45, 2.75) is 6.92 Å². The van der Waals surface area contributed by atoms with E-state index in [4.69, 9.17) is 16.3 Å². The Hall–Kier alpha value is -2.71. The van der Waals surface area contributed by atoms with E-state index in [0.717, 1.165) is 31.1 Å². The molecule has 146 valence electrons. The Bertz CT molecular complexity index is 966. The fraction of sp³-hybridized carbons (Fsp3) is 0.368. The number of hydrogen-bond donors (Lipinski definition) is 0. The number of amides is 1. The van der Waals surface area contributed by atoms with Crippen LogP contribution < -0.4 is 4.74 Å². The van der Waals surface area contributed by atoms with Crippen LogP contribution >= 0.6 is 11.6 Å². The molecule has 8 nitrogen and oxygen atoms in total. The van der Waals surface area contributed by atoms with Gasteiger partial charge in [-0.1, -0.05) is 11.6 Å². The molecular formula is C19H21ClN6O2. The maximum Gasteiger partial charge on any atom is 0.293 e. The van der Waals surface area contributed by atoms with Gasteiger partial charge in [0.1, 0.15) is 12.4 Å². The van der Waals surface area contributed by atoms with Crippen LogP contribution in [0.4, 0.5) is 0 Å². The number of piperazine rings is 1. The molecule has 0 aliphatic carbocycles. The molecule has 2 aromatic heterocycles. The van der Waals surface area contributed by atoms with Crippen LogP contribution in [0.1, 0.15) is 16.3 Å². The maximum atomic E-state index is 12.7. The number of aryl methyl sites for hydroxylation is 1. The molecule has 0 bridgehead atoms. The highest BCUT2D eigenvalue weighted by molar-refractivity contribution is 6.30. The van der Waals surface area contributed by atoms with E-state index in [0.29, 0.717) is 30.5 Å². The van der Waals surface area contributed by atoms with Crippen LogP contribution in [0.15, 0.2) is 36.5 Å². The van der Waals surface area contributed by atoms with E-state index in [1.54, 1.807) is 15.6 Å². The van der Waals surface area contributed by atoms with Gasteiger partial charge in [0.2, 0.25) is 5.82 Å². The minimum atomic E-state index is -0.151. The summed E-state index contributed by atoms with van der Waals surface area (Å²) in [5.74, 6) is 1.30. The summed E-state index contributed by atoms with van der Waals surface area (Å²) in [6.45, 7) is 6.17. The molecule has 1 fully saturated rings. The predicted octanol–water partition coefficient (Wildman–Crippen LogP) is 1.92. The second-order valence-electron chi connectivity index (χ2n) is 6.67. The number of aromatic nitrogens is 4. The molecule has 28 heavy (non-hydrogen) atoms. The molecule has 1 saturated heterocycles. The Balaban J connectivity index is 1.27. The van der Waals surface area contributed by atoms with Gasteiger partial charge in [-0.25, -0.2) is 9.50 Å². The molecule has 1 aliphatic rings. The van der Waals surface area contributed by atoms with Gasteiger partial charge in [0.25, 0.3) is 11.7 Å². The van der Waals surface area contributed by atoms with E-state index < -0.39 is 0 Å². The van der Waals surface area contributed by atoms with Crippen molar-refractivity contribution in [3.8, 4) is 5.75 Å². The molecule has 9 heteroatoms.